The summed E-state index contributed by atoms with van der Waals surface area (Å²) >= 11 is 0. The molecule has 1 N–H and O–H groups in total. The van der Waals surface area contributed by atoms with E-state index in [1.807, 2.05) is 30.3 Å². The van der Waals surface area contributed by atoms with E-state index >= 15 is 0 Å². The number of piperidine rings is 1. The third-order valence-electron chi connectivity index (χ3n) is 6.70. The molecule has 0 aromatic heterocycles. The third kappa shape index (κ3) is 5.52. The summed E-state index contributed by atoms with van der Waals surface area (Å²) in [5.41, 5.74) is 2.58. The van der Waals surface area contributed by atoms with Gasteiger partial charge in [-0.3, -0.25) is 9.59 Å². The molecule has 8 nitrogen and oxygen atoms in total. The highest BCUT2D eigenvalue weighted by atomic mass is 32.2. The van der Waals surface area contributed by atoms with E-state index in [1.165, 1.54) is 28.6 Å². The van der Waals surface area contributed by atoms with E-state index in [1.54, 1.807) is 23.1 Å². The van der Waals surface area contributed by atoms with Crippen molar-refractivity contribution in [2.75, 3.05) is 36.5 Å². The first-order valence-electron chi connectivity index (χ1n) is 12.4. The predicted octanol–water partition coefficient (Wildman–Crippen LogP) is 4.08. The number of ether oxygens (including phenoxy) is 1. The number of benzene rings is 3. The average Bonchev–Trinajstić information content (AvgIpc) is 2.93. The molecule has 37 heavy (non-hydrogen) atoms. The Bertz CT molecular complexity index is 1390. The van der Waals surface area contributed by atoms with Crippen LogP contribution in [0.1, 0.15) is 35.2 Å². The fourth-order valence-corrected chi connectivity index (χ4v) is 6.16. The maximum absolute atomic E-state index is 12.9. The summed E-state index contributed by atoms with van der Waals surface area (Å²) in [5.74, 6) is 0.0658. The highest BCUT2D eigenvalue weighted by molar-refractivity contribution is 7.89. The summed E-state index contributed by atoms with van der Waals surface area (Å²) in [6, 6.07) is 21.1. The first-order valence-corrected chi connectivity index (χ1v) is 13.9. The molecule has 2 amide bonds. The first-order chi connectivity index (χ1) is 17.9. The van der Waals surface area contributed by atoms with Crippen LogP contribution in [0.5, 0.6) is 5.75 Å². The van der Waals surface area contributed by atoms with Crippen LogP contribution in [-0.4, -0.2) is 50.8 Å². The van der Waals surface area contributed by atoms with Gasteiger partial charge in [0.1, 0.15) is 5.75 Å². The Morgan fingerprint density at radius 1 is 0.919 bits per heavy atom. The van der Waals surface area contributed by atoms with Crippen LogP contribution in [-0.2, 0) is 21.2 Å². The van der Waals surface area contributed by atoms with Gasteiger partial charge < -0.3 is 15.0 Å². The zero-order chi connectivity index (χ0) is 25.8. The molecule has 1 fully saturated rings. The van der Waals surface area contributed by atoms with Gasteiger partial charge in [-0.05, 0) is 67.3 Å². The van der Waals surface area contributed by atoms with Crippen molar-refractivity contribution in [3.63, 3.8) is 0 Å². The minimum absolute atomic E-state index is 0.0276. The van der Waals surface area contributed by atoms with Crippen LogP contribution >= 0.6 is 0 Å². The molecule has 0 atom stereocenters. The molecule has 2 heterocycles. The minimum atomic E-state index is -3.56. The third-order valence-corrected chi connectivity index (χ3v) is 8.61. The number of fused-ring (bicyclic) bond motifs is 1. The van der Waals surface area contributed by atoms with Gasteiger partial charge in [-0.15, -0.1) is 0 Å². The predicted molar refractivity (Wildman–Crippen MR) is 141 cm³/mol. The lowest BCUT2D eigenvalue weighted by molar-refractivity contribution is -0.121. The molecule has 9 heteroatoms. The monoisotopic (exact) mass is 519 g/mol. The maximum atomic E-state index is 12.9. The molecule has 0 spiro atoms. The van der Waals surface area contributed by atoms with Gasteiger partial charge in [0, 0.05) is 30.9 Å². The summed E-state index contributed by atoms with van der Waals surface area (Å²) in [4.78, 5) is 27.4. The van der Waals surface area contributed by atoms with Gasteiger partial charge in [-0.2, -0.15) is 4.31 Å². The normalized spacial score (nSPS) is 16.1. The maximum Gasteiger partial charge on any atom is 0.265 e. The topological polar surface area (TPSA) is 96.0 Å². The molecule has 1 saturated heterocycles. The van der Waals surface area contributed by atoms with Crippen LogP contribution in [0.4, 0.5) is 11.4 Å². The van der Waals surface area contributed by atoms with E-state index in [4.69, 9.17) is 4.74 Å². The van der Waals surface area contributed by atoms with E-state index in [9.17, 15) is 18.0 Å². The highest BCUT2D eigenvalue weighted by Gasteiger charge is 2.27. The van der Waals surface area contributed by atoms with Gasteiger partial charge in [0.05, 0.1) is 10.6 Å². The van der Waals surface area contributed by atoms with Crippen molar-refractivity contribution >= 4 is 33.2 Å². The SMILES string of the molecule is O=C(Nc1ccc2c(c1)N(CCc1ccccc1)C(=O)CO2)c1ccc(S(=O)(=O)N2CCCCC2)cc1. The van der Waals surface area contributed by atoms with Crippen molar-refractivity contribution in [1.82, 2.24) is 4.31 Å². The van der Waals surface area contributed by atoms with Gasteiger partial charge in [0.25, 0.3) is 11.8 Å². The highest BCUT2D eigenvalue weighted by Crippen LogP contribution is 2.35. The second-order valence-corrected chi connectivity index (χ2v) is 11.1. The summed E-state index contributed by atoms with van der Waals surface area (Å²) in [6.45, 7) is 1.51. The number of sulfonamides is 1. The molecule has 2 aliphatic rings. The van der Waals surface area contributed by atoms with E-state index in [0.717, 1.165) is 24.8 Å². The summed E-state index contributed by atoms with van der Waals surface area (Å²) in [5, 5.41) is 2.85. The Kier molecular flexibility index (Phi) is 7.25. The standard InChI is InChI=1S/C28H29N3O5S/c32-27-20-36-26-14-11-23(19-25(26)31(27)18-15-21-7-3-1-4-8-21)29-28(33)22-9-12-24(13-10-22)37(34,35)30-16-5-2-6-17-30/h1,3-4,7-14,19H,2,5-6,15-18,20H2,(H,29,33). The second-order valence-electron chi connectivity index (χ2n) is 9.20. The van der Waals surface area contributed by atoms with Crippen molar-refractivity contribution in [2.24, 2.45) is 0 Å². The molecule has 0 aliphatic carbocycles. The molecule has 0 unspecified atom stereocenters. The first kappa shape index (κ1) is 25.0. The van der Waals surface area contributed by atoms with Gasteiger partial charge >= 0.3 is 0 Å². The largest absolute Gasteiger partial charge is 0.482 e. The zero-order valence-electron chi connectivity index (χ0n) is 20.4. The van der Waals surface area contributed by atoms with E-state index in [-0.39, 0.29) is 23.3 Å². The van der Waals surface area contributed by atoms with Crippen molar-refractivity contribution in [1.29, 1.82) is 0 Å². The van der Waals surface area contributed by atoms with Crippen LogP contribution in [0.25, 0.3) is 0 Å². The average molecular weight is 520 g/mol. The number of hydrogen-bond donors (Lipinski definition) is 1. The fourth-order valence-electron chi connectivity index (χ4n) is 4.65. The Labute approximate surface area is 216 Å². The van der Waals surface area contributed by atoms with Gasteiger partial charge in [-0.1, -0.05) is 36.8 Å². The van der Waals surface area contributed by atoms with Gasteiger partial charge in [-0.25, -0.2) is 8.42 Å². The summed E-state index contributed by atoms with van der Waals surface area (Å²) in [7, 11) is -3.56. The number of hydrogen-bond acceptors (Lipinski definition) is 5. The number of anilines is 2. The number of carbonyl (C=O) groups excluding carboxylic acids is 2. The Morgan fingerprint density at radius 3 is 2.38 bits per heavy atom. The van der Waals surface area contributed by atoms with Crippen LogP contribution in [0, 0.1) is 0 Å². The molecular weight excluding hydrogens is 490 g/mol. The van der Waals surface area contributed by atoms with Crippen LogP contribution in [0.2, 0.25) is 0 Å². The van der Waals surface area contributed by atoms with Crippen LogP contribution in [0.15, 0.2) is 77.7 Å². The smallest absolute Gasteiger partial charge is 0.265 e. The minimum Gasteiger partial charge on any atom is -0.482 e. The van der Waals surface area contributed by atoms with E-state index in [2.05, 4.69) is 5.32 Å². The van der Waals surface area contributed by atoms with Crippen molar-refractivity contribution < 1.29 is 22.7 Å². The zero-order valence-corrected chi connectivity index (χ0v) is 21.2. The molecule has 2 aliphatic heterocycles. The molecule has 3 aromatic carbocycles. The molecule has 192 valence electrons. The lowest BCUT2D eigenvalue weighted by Gasteiger charge is -2.30. The molecule has 0 bridgehead atoms. The molecule has 5 rings (SSSR count). The molecular formula is C28H29N3O5S. The van der Waals surface area contributed by atoms with Crippen LogP contribution < -0.4 is 15.0 Å². The van der Waals surface area contributed by atoms with E-state index in [0.29, 0.717) is 48.7 Å². The number of nitrogens with zero attached hydrogens (tertiary/aromatic N) is 2. The Hall–Kier alpha value is -3.69. The van der Waals surface area contributed by atoms with Gasteiger partial charge in [0.2, 0.25) is 10.0 Å². The Balaban J connectivity index is 1.29. The van der Waals surface area contributed by atoms with Crippen LogP contribution in [0.3, 0.4) is 0 Å². The number of rotatable bonds is 7. The van der Waals surface area contributed by atoms with Crippen molar-refractivity contribution in [3.05, 3.63) is 83.9 Å². The lowest BCUT2D eigenvalue weighted by Crippen LogP contribution is -2.40. The van der Waals surface area contributed by atoms with Crippen molar-refractivity contribution in [2.45, 2.75) is 30.6 Å². The lowest BCUT2D eigenvalue weighted by atomic mass is 10.1. The van der Waals surface area contributed by atoms with Crippen molar-refractivity contribution in [3.8, 4) is 5.75 Å². The van der Waals surface area contributed by atoms with E-state index < -0.39 is 10.0 Å². The van der Waals surface area contributed by atoms with Gasteiger partial charge in [0.15, 0.2) is 6.61 Å². The number of amides is 2. The number of nitrogens with one attached hydrogen (secondary N) is 1. The summed E-state index contributed by atoms with van der Waals surface area (Å²) in [6.07, 6.45) is 3.45. The molecule has 3 aromatic rings. The quantitative estimate of drug-likeness (QED) is 0.508. The second kappa shape index (κ2) is 10.7. The number of carbonyl (C=O) groups is 2. The molecule has 0 saturated carbocycles. The summed E-state index contributed by atoms with van der Waals surface area (Å²) < 4.78 is 32.9. The Morgan fingerprint density at radius 2 is 1.65 bits per heavy atom. The molecule has 0 radical (unpaired) electrons. The fraction of sp³-hybridized carbons (Fsp3) is 0.286.